The Bertz CT molecular complexity index is 179. The van der Waals surface area contributed by atoms with Crippen molar-refractivity contribution in [3.8, 4) is 0 Å². The van der Waals surface area contributed by atoms with Crippen molar-refractivity contribution in [2.75, 3.05) is 13.2 Å². The Kier molecular flexibility index (Phi) is 5.18. The van der Waals surface area contributed by atoms with Crippen LogP contribution in [0.1, 0.15) is 27.2 Å². The van der Waals surface area contributed by atoms with E-state index in [0.29, 0.717) is 13.0 Å². The molecule has 0 rings (SSSR count). The molecule has 0 aliphatic rings. The summed E-state index contributed by atoms with van der Waals surface area (Å²) in [5.74, 6) is 0. The van der Waals surface area contributed by atoms with Gasteiger partial charge in [-0.3, -0.25) is 0 Å². The predicted molar refractivity (Wildman–Crippen MR) is 54.8 cm³/mol. The van der Waals surface area contributed by atoms with Gasteiger partial charge in [0.2, 0.25) is 7.57 Å². The molecule has 0 aromatic heterocycles. The molecular formula is C8H19O4P. The summed E-state index contributed by atoms with van der Waals surface area (Å²) >= 11 is 0. The summed E-state index contributed by atoms with van der Waals surface area (Å²) in [7, 11) is -3.30. The van der Waals surface area contributed by atoms with E-state index in [1.54, 1.807) is 0 Å². The fourth-order valence-corrected chi connectivity index (χ4v) is 1.07. The highest BCUT2D eigenvalue weighted by Gasteiger charge is 2.09. The lowest BCUT2D eigenvalue weighted by atomic mass is 10.2. The van der Waals surface area contributed by atoms with Gasteiger partial charge < -0.3 is 19.0 Å². The summed E-state index contributed by atoms with van der Waals surface area (Å²) in [5, 5.41) is 0. The highest BCUT2D eigenvalue weighted by molar-refractivity contribution is 7.57. The topological polar surface area (TPSA) is 58.9 Å². The van der Waals surface area contributed by atoms with E-state index in [4.69, 9.17) is 14.5 Å². The summed E-state index contributed by atoms with van der Waals surface area (Å²) in [4.78, 5) is 17.5. The first-order valence-electron chi connectivity index (χ1n) is 4.18. The second kappa shape index (κ2) is 5.13. The number of hydrogen-bond acceptors (Lipinski definition) is 4. The first-order valence-corrected chi connectivity index (χ1v) is 5.98. The van der Waals surface area contributed by atoms with Crippen molar-refractivity contribution in [2.45, 2.75) is 32.8 Å². The van der Waals surface area contributed by atoms with Crippen LogP contribution in [0.4, 0.5) is 0 Å². The molecule has 0 unspecified atom stereocenters. The van der Waals surface area contributed by atoms with E-state index in [2.05, 4.69) is 10.8 Å². The Balaban J connectivity index is 3.33. The van der Waals surface area contributed by atoms with Gasteiger partial charge in [0, 0.05) is 6.61 Å². The van der Waals surface area contributed by atoms with Crippen LogP contribution in [0.3, 0.4) is 0 Å². The zero-order valence-electron chi connectivity index (χ0n) is 8.49. The van der Waals surface area contributed by atoms with Crippen molar-refractivity contribution >= 4 is 13.9 Å². The van der Waals surface area contributed by atoms with Gasteiger partial charge in [0.25, 0.3) is 0 Å². The molecule has 0 radical (unpaired) electrons. The molecular weight excluding hydrogens is 191 g/mol. The minimum absolute atomic E-state index is 0.158. The molecule has 80 valence electrons. The van der Waals surface area contributed by atoms with Crippen LogP contribution in [0.25, 0.3) is 0 Å². The maximum absolute atomic E-state index is 8.77. The molecule has 2 N–H and O–H groups in total. The zero-order valence-corrected chi connectivity index (χ0v) is 9.38. The van der Waals surface area contributed by atoms with Crippen molar-refractivity contribution in [3.05, 3.63) is 0 Å². The summed E-state index contributed by atoms with van der Waals surface area (Å²) in [6.07, 6.45) is 3.71. The number of hydrogen-bond donors (Lipinski definition) is 2. The summed E-state index contributed by atoms with van der Waals surface area (Å²) < 4.78 is 10.1. The third-order valence-electron chi connectivity index (χ3n) is 1.12. The van der Waals surface area contributed by atoms with Crippen LogP contribution in [0.5, 0.6) is 0 Å². The van der Waals surface area contributed by atoms with E-state index in [0.717, 1.165) is 0 Å². The van der Waals surface area contributed by atoms with Gasteiger partial charge in [0.15, 0.2) is 0 Å². The third kappa shape index (κ3) is 12.1. The average Bonchev–Trinajstić information content (AvgIpc) is 1.81. The lowest BCUT2D eigenvalue weighted by Crippen LogP contribution is -2.20. The molecule has 0 bridgehead atoms. The molecule has 0 aromatic rings. The fraction of sp³-hybridized carbons (Fsp3) is 0.875. The molecule has 5 heteroatoms. The SMILES string of the molecule is C=P(O)(O)OCCCOC(C)(C)C. The van der Waals surface area contributed by atoms with E-state index in [1.807, 2.05) is 20.8 Å². The molecule has 0 saturated heterocycles. The maximum Gasteiger partial charge on any atom is 0.245 e. The average molecular weight is 210 g/mol. The Labute approximate surface area is 79.7 Å². The van der Waals surface area contributed by atoms with E-state index in [1.165, 1.54) is 0 Å². The van der Waals surface area contributed by atoms with Gasteiger partial charge in [-0.15, -0.1) is 0 Å². The van der Waals surface area contributed by atoms with Crippen LogP contribution in [0.15, 0.2) is 0 Å². The number of ether oxygens (including phenoxy) is 1. The van der Waals surface area contributed by atoms with Gasteiger partial charge in [-0.05, 0) is 33.5 Å². The molecule has 0 fully saturated rings. The quantitative estimate of drug-likeness (QED) is 0.531. The van der Waals surface area contributed by atoms with Crippen LogP contribution in [-0.2, 0) is 9.26 Å². The largest absolute Gasteiger partial charge is 0.376 e. The van der Waals surface area contributed by atoms with Crippen LogP contribution >= 0.6 is 7.57 Å². The van der Waals surface area contributed by atoms with Crippen LogP contribution < -0.4 is 0 Å². The molecule has 0 aromatic carbocycles. The molecule has 0 spiro atoms. The van der Waals surface area contributed by atoms with Gasteiger partial charge in [-0.1, -0.05) is 0 Å². The molecule has 0 amide bonds. The van der Waals surface area contributed by atoms with E-state index in [9.17, 15) is 0 Å². The molecule has 0 atom stereocenters. The lowest BCUT2D eigenvalue weighted by molar-refractivity contribution is -0.00804. The smallest absolute Gasteiger partial charge is 0.245 e. The minimum Gasteiger partial charge on any atom is -0.376 e. The van der Waals surface area contributed by atoms with Crippen molar-refractivity contribution < 1.29 is 19.0 Å². The van der Waals surface area contributed by atoms with Gasteiger partial charge in [0.1, 0.15) is 0 Å². The third-order valence-corrected chi connectivity index (χ3v) is 1.72. The van der Waals surface area contributed by atoms with Crippen LogP contribution in [0, 0.1) is 0 Å². The summed E-state index contributed by atoms with van der Waals surface area (Å²) in [6.45, 7) is 6.70. The molecule has 0 aliphatic carbocycles. The van der Waals surface area contributed by atoms with Crippen molar-refractivity contribution in [1.29, 1.82) is 0 Å². The van der Waals surface area contributed by atoms with E-state index >= 15 is 0 Å². The van der Waals surface area contributed by atoms with Gasteiger partial charge >= 0.3 is 0 Å². The van der Waals surface area contributed by atoms with Crippen molar-refractivity contribution in [2.24, 2.45) is 0 Å². The molecule has 0 saturated carbocycles. The Hall–Kier alpha value is 0.140. The van der Waals surface area contributed by atoms with Gasteiger partial charge in [0.05, 0.1) is 12.2 Å². The van der Waals surface area contributed by atoms with Gasteiger partial charge in [-0.2, -0.15) is 0 Å². The van der Waals surface area contributed by atoms with Crippen molar-refractivity contribution in [3.63, 3.8) is 0 Å². The molecule has 0 heterocycles. The maximum atomic E-state index is 8.77. The fourth-order valence-electron chi connectivity index (χ4n) is 0.648. The first kappa shape index (κ1) is 13.1. The Morgan fingerprint density at radius 2 is 1.77 bits per heavy atom. The monoisotopic (exact) mass is 210 g/mol. The highest BCUT2D eigenvalue weighted by atomic mass is 31.2. The standard InChI is InChI=1S/C8H19O4P/c1-8(2,3)11-6-5-7-12-13(4,9)10/h9-10H,4-7H2,1-3H3. The second-order valence-electron chi connectivity index (χ2n) is 3.81. The second-order valence-corrected chi connectivity index (χ2v) is 5.40. The molecule has 4 nitrogen and oxygen atoms in total. The first-order chi connectivity index (χ1) is 5.71. The van der Waals surface area contributed by atoms with Crippen LogP contribution in [-0.4, -0.2) is 34.9 Å². The van der Waals surface area contributed by atoms with Crippen LogP contribution in [0.2, 0.25) is 0 Å². The van der Waals surface area contributed by atoms with E-state index in [-0.39, 0.29) is 12.2 Å². The molecule has 13 heavy (non-hydrogen) atoms. The normalized spacial score (nSPS) is 13.3. The van der Waals surface area contributed by atoms with Gasteiger partial charge in [-0.25, -0.2) is 0 Å². The Morgan fingerprint density at radius 3 is 2.15 bits per heavy atom. The number of rotatable bonds is 5. The zero-order chi connectivity index (χ0) is 10.5. The predicted octanol–water partition coefficient (Wildman–Crippen LogP) is 1.39. The van der Waals surface area contributed by atoms with Crippen molar-refractivity contribution in [1.82, 2.24) is 0 Å². The summed E-state index contributed by atoms with van der Waals surface area (Å²) in [6, 6.07) is 0. The highest BCUT2D eigenvalue weighted by Crippen LogP contribution is 2.34. The minimum atomic E-state index is -3.30. The Morgan fingerprint density at radius 1 is 1.23 bits per heavy atom. The molecule has 0 aliphatic heterocycles. The summed E-state index contributed by atoms with van der Waals surface area (Å²) in [5.41, 5.74) is -0.158. The van der Waals surface area contributed by atoms with E-state index < -0.39 is 7.57 Å². The lowest BCUT2D eigenvalue weighted by Gasteiger charge is -2.19.